The average Bonchev–Trinajstić information content (AvgIpc) is 3.36. The summed E-state index contributed by atoms with van der Waals surface area (Å²) in [6.45, 7) is 7.04. The molecule has 2 aromatic rings. The summed E-state index contributed by atoms with van der Waals surface area (Å²) in [5, 5.41) is 17.5. The quantitative estimate of drug-likeness (QED) is 0.537. The molecule has 1 atom stereocenters. The van der Waals surface area contributed by atoms with Crippen molar-refractivity contribution in [3.8, 4) is 0 Å². The monoisotopic (exact) mass is 566 g/mol. The van der Waals surface area contributed by atoms with E-state index in [2.05, 4.69) is 40.0 Å². The molecule has 1 aliphatic carbocycles. The first-order chi connectivity index (χ1) is 19.7. The van der Waals surface area contributed by atoms with Crippen LogP contribution in [-0.4, -0.2) is 86.4 Å². The van der Waals surface area contributed by atoms with E-state index in [4.69, 9.17) is 0 Å². The predicted molar refractivity (Wildman–Crippen MR) is 151 cm³/mol. The number of aryl methyl sites for hydroxylation is 3. The van der Waals surface area contributed by atoms with E-state index in [0.717, 1.165) is 24.0 Å². The number of benzene rings is 1. The molecule has 1 fully saturated rings. The van der Waals surface area contributed by atoms with Crippen LogP contribution < -0.4 is 10.6 Å². The van der Waals surface area contributed by atoms with Gasteiger partial charge in [0.1, 0.15) is 11.4 Å². The molecule has 1 aliphatic heterocycles. The Kier molecular flexibility index (Phi) is 10.1. The summed E-state index contributed by atoms with van der Waals surface area (Å²) in [6, 6.07) is 7.76. The third kappa shape index (κ3) is 7.47. The van der Waals surface area contributed by atoms with Crippen molar-refractivity contribution in [2.24, 2.45) is 5.92 Å². The van der Waals surface area contributed by atoms with E-state index >= 15 is 0 Å². The van der Waals surface area contributed by atoms with Gasteiger partial charge in [-0.3, -0.25) is 19.2 Å². The van der Waals surface area contributed by atoms with Gasteiger partial charge in [-0.05, 0) is 72.9 Å². The minimum atomic E-state index is -1.18. The highest BCUT2D eigenvalue weighted by atomic mass is 16.2. The highest BCUT2D eigenvalue weighted by Gasteiger charge is 2.44. The zero-order valence-corrected chi connectivity index (χ0v) is 24.4. The van der Waals surface area contributed by atoms with Gasteiger partial charge in [-0.1, -0.05) is 38.1 Å². The predicted octanol–water partition coefficient (Wildman–Crippen LogP) is 1.33. The number of hydrogen-bond acceptors (Lipinski definition) is 7. The van der Waals surface area contributed by atoms with E-state index in [9.17, 15) is 19.2 Å². The first-order valence-corrected chi connectivity index (χ1v) is 14.7. The van der Waals surface area contributed by atoms with Crippen LogP contribution >= 0.6 is 0 Å². The number of carbonyl (C=O) groups excluding carboxylic acids is 4. The lowest BCUT2D eigenvalue weighted by Gasteiger charge is -2.39. The van der Waals surface area contributed by atoms with Crippen molar-refractivity contribution >= 4 is 23.6 Å². The molecule has 222 valence electrons. The van der Waals surface area contributed by atoms with Crippen LogP contribution in [0, 0.1) is 12.8 Å². The van der Waals surface area contributed by atoms with E-state index in [1.165, 1.54) is 4.90 Å². The molecule has 12 nitrogen and oxygen atoms in total. The number of carbonyl (C=O) groups is 4. The van der Waals surface area contributed by atoms with Crippen molar-refractivity contribution in [1.82, 2.24) is 40.6 Å². The molecule has 0 saturated carbocycles. The zero-order valence-electron chi connectivity index (χ0n) is 24.4. The SMILES string of the molecule is Cc1nnnn1CCC(=O)N1CCCCNC(=O)C2(CCCc3ccccc32)NC(=O)CN(CCC(C)C)C(=O)C1. The smallest absolute Gasteiger partial charge is 0.250 e. The number of fused-ring (bicyclic) bond motifs is 2. The molecule has 0 bridgehead atoms. The van der Waals surface area contributed by atoms with E-state index < -0.39 is 11.4 Å². The summed E-state index contributed by atoms with van der Waals surface area (Å²) in [6.07, 6.45) is 4.19. The largest absolute Gasteiger partial charge is 0.354 e. The fourth-order valence-corrected chi connectivity index (χ4v) is 5.56. The number of hydrogen-bond donors (Lipinski definition) is 2. The van der Waals surface area contributed by atoms with Gasteiger partial charge in [-0.15, -0.1) is 5.10 Å². The van der Waals surface area contributed by atoms with E-state index in [0.29, 0.717) is 63.6 Å². The molecule has 1 aromatic heterocycles. The number of amides is 4. The van der Waals surface area contributed by atoms with Crippen LogP contribution in [0.25, 0.3) is 0 Å². The van der Waals surface area contributed by atoms with Gasteiger partial charge in [0.25, 0.3) is 0 Å². The second-order valence-corrected chi connectivity index (χ2v) is 11.4. The Morgan fingerprint density at radius 1 is 1.07 bits per heavy atom. The van der Waals surface area contributed by atoms with Gasteiger partial charge in [-0.25, -0.2) is 4.68 Å². The fraction of sp³-hybridized carbons (Fsp3) is 0.621. The second-order valence-electron chi connectivity index (χ2n) is 11.4. The molecular formula is C29H42N8O4. The molecule has 1 unspecified atom stereocenters. The first kappa shape index (κ1) is 30.1. The molecule has 2 aliphatic rings. The van der Waals surface area contributed by atoms with E-state index in [1.807, 2.05) is 24.3 Å². The molecule has 1 spiro atoms. The van der Waals surface area contributed by atoms with Crippen molar-refractivity contribution in [2.45, 2.75) is 77.8 Å². The normalized spacial score (nSPS) is 20.9. The molecule has 12 heteroatoms. The third-order valence-corrected chi connectivity index (χ3v) is 7.95. The van der Waals surface area contributed by atoms with Crippen molar-refractivity contribution < 1.29 is 19.2 Å². The zero-order chi connectivity index (χ0) is 29.4. The van der Waals surface area contributed by atoms with Crippen LogP contribution in [0.1, 0.15) is 69.3 Å². The number of aromatic nitrogens is 4. The summed E-state index contributed by atoms with van der Waals surface area (Å²) in [7, 11) is 0. The van der Waals surface area contributed by atoms with Gasteiger partial charge in [-0.2, -0.15) is 0 Å². The lowest BCUT2D eigenvalue weighted by atomic mass is 9.75. The second kappa shape index (κ2) is 13.7. The van der Waals surface area contributed by atoms with Crippen LogP contribution in [-0.2, 0) is 37.7 Å². The van der Waals surface area contributed by atoms with Crippen LogP contribution in [0.2, 0.25) is 0 Å². The molecule has 4 rings (SSSR count). The van der Waals surface area contributed by atoms with Crippen molar-refractivity contribution in [3.63, 3.8) is 0 Å². The Bertz CT molecular complexity index is 1240. The highest BCUT2D eigenvalue weighted by Crippen LogP contribution is 2.36. The maximum Gasteiger partial charge on any atom is 0.250 e. The number of nitrogens with one attached hydrogen (secondary N) is 2. The molecule has 1 saturated heterocycles. The number of tetrazole rings is 1. The van der Waals surface area contributed by atoms with Gasteiger partial charge in [0, 0.05) is 26.1 Å². The summed E-state index contributed by atoms with van der Waals surface area (Å²) in [5.74, 6) is -0.172. The van der Waals surface area contributed by atoms with Crippen LogP contribution in [0.5, 0.6) is 0 Å². The lowest BCUT2D eigenvalue weighted by molar-refractivity contribution is -0.143. The Balaban J connectivity index is 1.56. The van der Waals surface area contributed by atoms with Gasteiger partial charge in [0.15, 0.2) is 0 Å². The highest BCUT2D eigenvalue weighted by molar-refractivity contribution is 5.95. The molecular weight excluding hydrogens is 524 g/mol. The summed E-state index contributed by atoms with van der Waals surface area (Å²) < 4.78 is 1.55. The molecule has 0 radical (unpaired) electrons. The topological polar surface area (TPSA) is 142 Å². The van der Waals surface area contributed by atoms with E-state index in [-0.39, 0.29) is 37.2 Å². The summed E-state index contributed by atoms with van der Waals surface area (Å²) in [5.41, 5.74) is 0.687. The Morgan fingerprint density at radius 2 is 1.88 bits per heavy atom. The first-order valence-electron chi connectivity index (χ1n) is 14.7. The standard InChI is InChI=1S/C29H42N8O4/c1-21(2)12-17-36-19-25(38)31-29(14-8-10-23-9-4-5-11-24(23)29)28(41)30-15-6-7-16-35(20-27(36)40)26(39)13-18-37-22(3)32-33-34-37/h4-5,9,11,21H,6-8,10,12-20H2,1-3H3,(H,30,41)(H,31,38). The van der Waals surface area contributed by atoms with Gasteiger partial charge in [0.05, 0.1) is 19.6 Å². The number of rotatable bonds is 6. The minimum Gasteiger partial charge on any atom is -0.354 e. The Labute approximate surface area is 241 Å². The number of nitrogens with zero attached hydrogens (tertiary/aromatic N) is 6. The van der Waals surface area contributed by atoms with Gasteiger partial charge < -0.3 is 20.4 Å². The Morgan fingerprint density at radius 3 is 2.63 bits per heavy atom. The van der Waals surface area contributed by atoms with Crippen LogP contribution in [0.3, 0.4) is 0 Å². The molecule has 4 amide bonds. The minimum absolute atomic E-state index is 0.112. The average molecular weight is 567 g/mol. The molecule has 2 N–H and O–H groups in total. The van der Waals surface area contributed by atoms with Crippen molar-refractivity contribution in [2.75, 3.05) is 32.7 Å². The van der Waals surface area contributed by atoms with Crippen LogP contribution in [0.15, 0.2) is 24.3 Å². The lowest BCUT2D eigenvalue weighted by Crippen LogP contribution is -2.60. The fourth-order valence-electron chi connectivity index (χ4n) is 5.56. The van der Waals surface area contributed by atoms with E-state index in [1.54, 1.807) is 16.5 Å². The maximum absolute atomic E-state index is 13.7. The molecule has 2 heterocycles. The maximum atomic E-state index is 13.7. The summed E-state index contributed by atoms with van der Waals surface area (Å²) in [4.78, 5) is 57.2. The molecule has 41 heavy (non-hydrogen) atoms. The molecule has 1 aromatic carbocycles. The van der Waals surface area contributed by atoms with Gasteiger partial charge in [0.2, 0.25) is 23.6 Å². The Hall–Kier alpha value is -3.83. The van der Waals surface area contributed by atoms with Gasteiger partial charge >= 0.3 is 0 Å². The van der Waals surface area contributed by atoms with Crippen molar-refractivity contribution in [3.05, 3.63) is 41.2 Å². The van der Waals surface area contributed by atoms with Crippen molar-refractivity contribution in [1.29, 1.82) is 0 Å². The third-order valence-electron chi connectivity index (χ3n) is 7.95. The van der Waals surface area contributed by atoms with Crippen LogP contribution in [0.4, 0.5) is 0 Å². The summed E-state index contributed by atoms with van der Waals surface area (Å²) >= 11 is 0.